The normalized spacial score (nSPS) is 12.9. The minimum absolute atomic E-state index is 0.192. The molecule has 1 N–H and O–H groups in total. The van der Waals surface area contributed by atoms with Crippen LogP contribution in [0.2, 0.25) is 10.0 Å². The van der Waals surface area contributed by atoms with Gasteiger partial charge in [-0.05, 0) is 18.2 Å². The van der Waals surface area contributed by atoms with Crippen LogP contribution in [0.5, 0.6) is 5.75 Å². The number of benzene rings is 2. The Balaban J connectivity index is 1.87. The highest BCUT2D eigenvalue weighted by Crippen LogP contribution is 2.27. The van der Waals surface area contributed by atoms with Gasteiger partial charge in [0.25, 0.3) is 0 Å². The third kappa shape index (κ3) is 6.04. The summed E-state index contributed by atoms with van der Waals surface area (Å²) in [7, 11) is 4.18. The van der Waals surface area contributed by atoms with Crippen LogP contribution in [0, 0.1) is 0 Å². The van der Waals surface area contributed by atoms with E-state index in [1.165, 1.54) is 5.56 Å². The summed E-state index contributed by atoms with van der Waals surface area (Å²) in [6.07, 6.45) is -0.583. The number of quaternary nitrogens is 1. The van der Waals surface area contributed by atoms with Crippen LogP contribution in [0.4, 0.5) is 0 Å². The van der Waals surface area contributed by atoms with Crippen molar-refractivity contribution in [2.24, 2.45) is 0 Å². The first kappa shape index (κ1) is 18.1. The van der Waals surface area contributed by atoms with Crippen molar-refractivity contribution in [3.63, 3.8) is 0 Å². The lowest BCUT2D eigenvalue weighted by atomic mass is 10.2. The Hall–Kier alpha value is -1.26. The van der Waals surface area contributed by atoms with Crippen LogP contribution in [0.25, 0.3) is 0 Å². The molecule has 0 saturated carbocycles. The maximum absolute atomic E-state index is 10.3. The number of hydrogen-bond donors (Lipinski definition) is 1. The van der Waals surface area contributed by atoms with Gasteiger partial charge in [0.15, 0.2) is 0 Å². The van der Waals surface area contributed by atoms with Crippen molar-refractivity contribution in [3.8, 4) is 5.75 Å². The number of halogens is 2. The number of rotatable bonds is 7. The fraction of sp³-hybridized carbons (Fsp3) is 0.333. The predicted molar refractivity (Wildman–Crippen MR) is 95.1 cm³/mol. The van der Waals surface area contributed by atoms with Crippen LogP contribution >= 0.6 is 23.2 Å². The molecule has 0 aliphatic heterocycles. The predicted octanol–water partition coefficient (Wildman–Crippen LogP) is 4.01. The zero-order valence-electron chi connectivity index (χ0n) is 13.4. The van der Waals surface area contributed by atoms with Gasteiger partial charge in [-0.15, -0.1) is 0 Å². The summed E-state index contributed by atoms with van der Waals surface area (Å²) in [5.74, 6) is 0.531. The summed E-state index contributed by atoms with van der Waals surface area (Å²) < 4.78 is 6.27. The molecule has 3 nitrogen and oxygen atoms in total. The van der Waals surface area contributed by atoms with Crippen molar-refractivity contribution in [1.82, 2.24) is 0 Å². The van der Waals surface area contributed by atoms with Gasteiger partial charge in [0.05, 0.1) is 19.1 Å². The molecule has 0 amide bonds. The number of nitrogens with zero attached hydrogens (tertiary/aromatic N) is 1. The van der Waals surface area contributed by atoms with Crippen molar-refractivity contribution >= 4 is 23.2 Å². The van der Waals surface area contributed by atoms with Crippen LogP contribution in [0.1, 0.15) is 5.56 Å². The largest absolute Gasteiger partial charge is 0.489 e. The molecule has 0 spiro atoms. The Morgan fingerprint density at radius 1 is 1.09 bits per heavy atom. The third-order valence-corrected chi connectivity index (χ3v) is 4.01. The molecular formula is C18H22Cl2NO2+. The second kappa shape index (κ2) is 8.02. The second-order valence-corrected chi connectivity index (χ2v) is 7.15. The van der Waals surface area contributed by atoms with E-state index in [0.717, 1.165) is 6.54 Å². The molecule has 0 aromatic heterocycles. The van der Waals surface area contributed by atoms with Gasteiger partial charge in [-0.3, -0.25) is 0 Å². The molecule has 0 fully saturated rings. The average Bonchev–Trinajstić information content (AvgIpc) is 2.46. The van der Waals surface area contributed by atoms with Crippen LogP contribution in [-0.4, -0.2) is 42.9 Å². The maximum atomic E-state index is 10.3. The first-order valence-electron chi connectivity index (χ1n) is 7.47. The molecule has 0 saturated heterocycles. The second-order valence-electron chi connectivity index (χ2n) is 6.30. The van der Waals surface area contributed by atoms with Crippen LogP contribution in [0.15, 0.2) is 48.5 Å². The molecule has 0 aliphatic carbocycles. The summed E-state index contributed by atoms with van der Waals surface area (Å²) in [6, 6.07) is 15.3. The number of ether oxygens (including phenoxy) is 1. The zero-order chi connectivity index (χ0) is 16.9. The molecule has 0 aliphatic rings. The smallest absolute Gasteiger partial charge is 0.138 e. The van der Waals surface area contributed by atoms with E-state index in [1.807, 2.05) is 18.2 Å². The fourth-order valence-corrected chi connectivity index (χ4v) is 3.01. The number of likely N-dealkylation sites (N-methyl/N-ethyl adjacent to an activating group) is 1. The Morgan fingerprint density at radius 3 is 2.43 bits per heavy atom. The lowest BCUT2D eigenvalue weighted by Crippen LogP contribution is -2.46. The summed E-state index contributed by atoms with van der Waals surface area (Å²) >= 11 is 11.9. The van der Waals surface area contributed by atoms with Crippen LogP contribution in [0.3, 0.4) is 0 Å². The third-order valence-electron chi connectivity index (χ3n) is 3.48. The van der Waals surface area contributed by atoms with Crippen molar-refractivity contribution in [1.29, 1.82) is 0 Å². The van der Waals surface area contributed by atoms with Crippen molar-refractivity contribution in [2.45, 2.75) is 12.6 Å². The quantitative estimate of drug-likeness (QED) is 0.761. The van der Waals surface area contributed by atoms with Gasteiger partial charge < -0.3 is 14.3 Å². The minimum Gasteiger partial charge on any atom is -0.489 e. The standard InChI is InChI=1S/C18H22Cl2NO2/c1-21(2,11-14-6-4-3-5-7-14)12-16(22)13-23-18-9-8-15(19)10-17(18)20/h3-10,16,22H,11-13H2,1-2H3/q+1/t16-/m0/s1. The molecule has 0 radical (unpaired) electrons. The van der Waals surface area contributed by atoms with E-state index in [1.54, 1.807) is 18.2 Å². The summed E-state index contributed by atoms with van der Waals surface area (Å²) in [4.78, 5) is 0. The lowest BCUT2D eigenvalue weighted by Gasteiger charge is -2.32. The SMILES string of the molecule is C[N+](C)(Cc1ccccc1)C[C@H](O)COc1ccc(Cl)cc1Cl. The highest BCUT2D eigenvalue weighted by atomic mass is 35.5. The fourth-order valence-electron chi connectivity index (χ4n) is 2.54. The molecule has 124 valence electrons. The zero-order valence-corrected chi connectivity index (χ0v) is 14.9. The van der Waals surface area contributed by atoms with Gasteiger partial charge in [-0.2, -0.15) is 0 Å². The highest BCUT2D eigenvalue weighted by Gasteiger charge is 2.21. The van der Waals surface area contributed by atoms with Gasteiger partial charge in [-0.25, -0.2) is 0 Å². The van der Waals surface area contributed by atoms with Crippen LogP contribution < -0.4 is 4.74 Å². The van der Waals surface area contributed by atoms with E-state index in [9.17, 15) is 5.11 Å². The van der Waals surface area contributed by atoms with E-state index in [2.05, 4.69) is 26.2 Å². The molecule has 2 rings (SSSR count). The molecule has 2 aromatic rings. The van der Waals surface area contributed by atoms with E-state index in [-0.39, 0.29) is 6.61 Å². The van der Waals surface area contributed by atoms with Gasteiger partial charge in [-0.1, -0.05) is 53.5 Å². The first-order valence-corrected chi connectivity index (χ1v) is 8.23. The topological polar surface area (TPSA) is 29.5 Å². The monoisotopic (exact) mass is 354 g/mol. The summed E-state index contributed by atoms with van der Waals surface area (Å²) in [6.45, 7) is 1.62. The van der Waals surface area contributed by atoms with E-state index < -0.39 is 6.10 Å². The molecular weight excluding hydrogens is 333 g/mol. The van der Waals surface area contributed by atoms with E-state index in [0.29, 0.717) is 26.8 Å². The molecule has 1 atom stereocenters. The molecule has 23 heavy (non-hydrogen) atoms. The van der Waals surface area contributed by atoms with Crippen molar-refractivity contribution in [2.75, 3.05) is 27.2 Å². The number of aliphatic hydroxyl groups is 1. The van der Waals surface area contributed by atoms with Gasteiger partial charge >= 0.3 is 0 Å². The van der Waals surface area contributed by atoms with Crippen LogP contribution in [-0.2, 0) is 6.54 Å². The van der Waals surface area contributed by atoms with Crippen molar-refractivity contribution in [3.05, 3.63) is 64.1 Å². The molecule has 2 aromatic carbocycles. The van der Waals surface area contributed by atoms with E-state index in [4.69, 9.17) is 27.9 Å². The summed E-state index contributed by atoms with van der Waals surface area (Å²) in [5, 5.41) is 11.3. The molecule has 0 heterocycles. The average molecular weight is 355 g/mol. The van der Waals surface area contributed by atoms with Gasteiger partial charge in [0, 0.05) is 10.6 Å². The summed E-state index contributed by atoms with van der Waals surface area (Å²) in [5.41, 5.74) is 1.24. The Kier molecular flexibility index (Phi) is 6.31. The Morgan fingerprint density at radius 2 is 1.78 bits per heavy atom. The van der Waals surface area contributed by atoms with Gasteiger partial charge in [0.1, 0.15) is 31.5 Å². The highest BCUT2D eigenvalue weighted by molar-refractivity contribution is 6.35. The van der Waals surface area contributed by atoms with Crippen molar-refractivity contribution < 1.29 is 14.3 Å². The Bertz CT molecular complexity index is 632. The number of hydrogen-bond acceptors (Lipinski definition) is 2. The molecule has 0 bridgehead atoms. The van der Waals surface area contributed by atoms with E-state index >= 15 is 0 Å². The minimum atomic E-state index is -0.583. The molecule has 0 unspecified atom stereocenters. The molecule has 5 heteroatoms. The first-order chi connectivity index (χ1) is 10.9. The maximum Gasteiger partial charge on any atom is 0.138 e. The lowest BCUT2D eigenvalue weighted by molar-refractivity contribution is -0.906. The van der Waals surface area contributed by atoms with Gasteiger partial charge in [0.2, 0.25) is 0 Å². The Labute approximate surface area is 147 Å². The number of aliphatic hydroxyl groups excluding tert-OH is 1.